The molecule has 0 aromatic heterocycles. The van der Waals surface area contributed by atoms with Crippen molar-refractivity contribution < 1.29 is 23.9 Å². The van der Waals surface area contributed by atoms with Crippen LogP contribution in [0.15, 0.2) is 18.2 Å². The summed E-state index contributed by atoms with van der Waals surface area (Å²) in [4.78, 5) is 52.9. The maximum Gasteiger partial charge on any atom is 0.408 e. The lowest BCUT2D eigenvalue weighted by Gasteiger charge is -2.35. The number of nitrogens with zero attached hydrogens (tertiary/aromatic N) is 2. The second-order valence-electron chi connectivity index (χ2n) is 10.5. The van der Waals surface area contributed by atoms with Crippen LogP contribution in [0.3, 0.4) is 0 Å². The molecule has 10 nitrogen and oxygen atoms in total. The van der Waals surface area contributed by atoms with Gasteiger partial charge in [0, 0.05) is 6.04 Å². The molecule has 0 bridgehead atoms. The smallest absolute Gasteiger partial charge is 0.408 e. The van der Waals surface area contributed by atoms with Crippen LogP contribution in [0, 0.1) is 25.2 Å². The number of nitrogens with two attached hydrogens (primary N) is 1. The molecule has 2 unspecified atom stereocenters. The average Bonchev–Trinajstić information content (AvgIpc) is 2.79. The summed E-state index contributed by atoms with van der Waals surface area (Å²) < 4.78 is 5.25. The van der Waals surface area contributed by atoms with Crippen LogP contribution in [-0.4, -0.2) is 52.9 Å². The molecule has 202 valence electrons. The normalized spacial score (nSPS) is 15.6. The van der Waals surface area contributed by atoms with Gasteiger partial charge < -0.3 is 26.0 Å². The summed E-state index contributed by atoms with van der Waals surface area (Å²) in [6, 6.07) is 4.78. The summed E-state index contributed by atoms with van der Waals surface area (Å²) in [5, 5.41) is 15.1. The molecule has 1 aromatic rings. The van der Waals surface area contributed by atoms with Crippen molar-refractivity contribution in [2.75, 3.05) is 6.54 Å². The first kappa shape index (κ1) is 29.6. The van der Waals surface area contributed by atoms with Gasteiger partial charge in [-0.3, -0.25) is 14.4 Å². The summed E-state index contributed by atoms with van der Waals surface area (Å²) in [7, 11) is 0. The standard InChI is InChI=1S/C27H39N5O5/c1-17-10-9-13-20(18(17)2)23(24(34)30-19-11-7-6-8-12-19)32(15-14-28)25(35)21(16-22(29)33)31-26(36)37-27(3,4)5/h9-10,13,19,21,23H,6-8,11-12,15-16H2,1-5H3,(H2,29,33)(H,30,34)(H,31,36). The third kappa shape index (κ3) is 8.77. The number of rotatable bonds is 9. The van der Waals surface area contributed by atoms with Crippen LogP contribution >= 0.6 is 0 Å². The lowest BCUT2D eigenvalue weighted by molar-refractivity contribution is -0.143. The van der Waals surface area contributed by atoms with E-state index in [-0.39, 0.29) is 6.04 Å². The number of alkyl carbamates (subject to hydrolysis) is 1. The molecular weight excluding hydrogens is 474 g/mol. The lowest BCUT2D eigenvalue weighted by atomic mass is 9.92. The Balaban J connectivity index is 2.49. The van der Waals surface area contributed by atoms with E-state index in [1.165, 1.54) is 0 Å². The molecule has 10 heteroatoms. The van der Waals surface area contributed by atoms with E-state index in [2.05, 4.69) is 10.6 Å². The van der Waals surface area contributed by atoms with Crippen molar-refractivity contribution in [2.24, 2.45) is 5.73 Å². The number of nitrogens with one attached hydrogen (secondary N) is 2. The number of aryl methyl sites for hydroxylation is 1. The minimum atomic E-state index is -1.42. The van der Waals surface area contributed by atoms with Crippen molar-refractivity contribution in [2.45, 2.75) is 96.9 Å². The lowest BCUT2D eigenvalue weighted by Crippen LogP contribution is -2.55. The van der Waals surface area contributed by atoms with Crippen LogP contribution < -0.4 is 16.4 Å². The fraction of sp³-hybridized carbons (Fsp3) is 0.593. The molecule has 1 aliphatic carbocycles. The first-order valence-corrected chi connectivity index (χ1v) is 12.7. The van der Waals surface area contributed by atoms with Crippen molar-refractivity contribution in [1.29, 1.82) is 5.26 Å². The van der Waals surface area contributed by atoms with E-state index in [0.29, 0.717) is 5.56 Å². The van der Waals surface area contributed by atoms with Crippen molar-refractivity contribution >= 4 is 23.8 Å². The molecule has 1 fully saturated rings. The number of nitriles is 1. The zero-order valence-electron chi connectivity index (χ0n) is 22.4. The van der Waals surface area contributed by atoms with Gasteiger partial charge in [0.25, 0.3) is 0 Å². The van der Waals surface area contributed by atoms with Gasteiger partial charge in [0.1, 0.15) is 24.2 Å². The number of ether oxygens (including phenoxy) is 1. The van der Waals surface area contributed by atoms with Crippen LogP contribution in [-0.2, 0) is 19.1 Å². The molecule has 1 saturated carbocycles. The summed E-state index contributed by atoms with van der Waals surface area (Å²) in [6.07, 6.45) is 3.34. The van der Waals surface area contributed by atoms with Crippen LogP contribution in [0.25, 0.3) is 0 Å². The predicted octanol–water partition coefficient (Wildman–Crippen LogP) is 2.91. The van der Waals surface area contributed by atoms with Gasteiger partial charge in [-0.2, -0.15) is 5.26 Å². The maximum atomic E-state index is 13.8. The summed E-state index contributed by atoms with van der Waals surface area (Å²) in [6.45, 7) is 8.27. The Kier molecular flexibility index (Phi) is 10.5. The second-order valence-corrected chi connectivity index (χ2v) is 10.5. The second kappa shape index (κ2) is 13.1. The quantitative estimate of drug-likeness (QED) is 0.431. The van der Waals surface area contributed by atoms with Gasteiger partial charge in [-0.25, -0.2) is 4.79 Å². The molecular formula is C27H39N5O5. The van der Waals surface area contributed by atoms with E-state index < -0.39 is 54.5 Å². The van der Waals surface area contributed by atoms with Gasteiger partial charge >= 0.3 is 6.09 Å². The Morgan fingerprint density at radius 3 is 2.38 bits per heavy atom. The molecule has 4 amide bonds. The fourth-order valence-electron chi connectivity index (χ4n) is 4.47. The minimum Gasteiger partial charge on any atom is -0.444 e. The van der Waals surface area contributed by atoms with Crippen LogP contribution in [0.4, 0.5) is 4.79 Å². The maximum absolute atomic E-state index is 13.8. The third-order valence-electron chi connectivity index (χ3n) is 6.37. The number of carbonyl (C=O) groups is 4. The number of primary amides is 1. The van der Waals surface area contributed by atoms with E-state index in [1.807, 2.05) is 26.0 Å². The van der Waals surface area contributed by atoms with Crippen LogP contribution in [0.1, 0.15) is 82.0 Å². The van der Waals surface area contributed by atoms with Crippen molar-refractivity contribution in [3.8, 4) is 6.07 Å². The molecule has 2 atom stereocenters. The summed E-state index contributed by atoms with van der Waals surface area (Å²) in [5.41, 5.74) is 6.80. The van der Waals surface area contributed by atoms with Crippen LogP contribution in [0.2, 0.25) is 0 Å². The first-order valence-electron chi connectivity index (χ1n) is 12.7. The van der Waals surface area contributed by atoms with Crippen LogP contribution in [0.5, 0.6) is 0 Å². The molecule has 0 spiro atoms. The highest BCUT2D eigenvalue weighted by Crippen LogP contribution is 2.28. The van der Waals surface area contributed by atoms with Gasteiger partial charge in [-0.15, -0.1) is 0 Å². The van der Waals surface area contributed by atoms with Gasteiger partial charge in [-0.05, 0) is 64.2 Å². The Hall–Kier alpha value is -3.61. The largest absolute Gasteiger partial charge is 0.444 e. The fourth-order valence-corrected chi connectivity index (χ4v) is 4.47. The molecule has 0 saturated heterocycles. The number of amides is 4. The Labute approximate surface area is 218 Å². The van der Waals surface area contributed by atoms with E-state index in [1.54, 1.807) is 32.9 Å². The highest BCUT2D eigenvalue weighted by molar-refractivity contribution is 5.95. The highest BCUT2D eigenvalue weighted by atomic mass is 16.6. The van der Waals surface area contributed by atoms with Gasteiger partial charge in [0.05, 0.1) is 12.5 Å². The van der Waals surface area contributed by atoms with Gasteiger partial charge in [-0.1, -0.05) is 37.5 Å². The predicted molar refractivity (Wildman–Crippen MR) is 138 cm³/mol. The van der Waals surface area contributed by atoms with Crippen molar-refractivity contribution in [3.05, 3.63) is 34.9 Å². The Morgan fingerprint density at radius 2 is 1.81 bits per heavy atom. The molecule has 1 aliphatic rings. The van der Waals surface area contributed by atoms with Gasteiger partial charge in [0.15, 0.2) is 0 Å². The monoisotopic (exact) mass is 513 g/mol. The number of hydrogen-bond donors (Lipinski definition) is 3. The first-order chi connectivity index (χ1) is 17.3. The molecule has 0 heterocycles. The topological polar surface area (TPSA) is 155 Å². The van der Waals surface area contributed by atoms with Crippen molar-refractivity contribution in [1.82, 2.24) is 15.5 Å². The molecule has 4 N–H and O–H groups in total. The number of carbonyl (C=O) groups excluding carboxylic acids is 4. The van der Waals surface area contributed by atoms with E-state index in [4.69, 9.17) is 10.5 Å². The zero-order chi connectivity index (χ0) is 27.8. The minimum absolute atomic E-state index is 0.0331. The summed E-state index contributed by atoms with van der Waals surface area (Å²) in [5.74, 6) is -2.03. The molecule has 0 aliphatic heterocycles. The molecule has 0 radical (unpaired) electrons. The number of hydrogen-bond acceptors (Lipinski definition) is 6. The third-order valence-corrected chi connectivity index (χ3v) is 6.37. The molecule has 37 heavy (non-hydrogen) atoms. The van der Waals surface area contributed by atoms with E-state index in [9.17, 15) is 24.4 Å². The van der Waals surface area contributed by atoms with E-state index in [0.717, 1.165) is 48.1 Å². The number of benzene rings is 1. The van der Waals surface area contributed by atoms with E-state index >= 15 is 0 Å². The Morgan fingerprint density at radius 1 is 1.16 bits per heavy atom. The molecule has 2 rings (SSSR count). The molecule has 1 aromatic carbocycles. The van der Waals surface area contributed by atoms with Crippen molar-refractivity contribution in [3.63, 3.8) is 0 Å². The highest BCUT2D eigenvalue weighted by Gasteiger charge is 2.38. The summed E-state index contributed by atoms with van der Waals surface area (Å²) >= 11 is 0. The average molecular weight is 514 g/mol. The Bertz CT molecular complexity index is 1040. The van der Waals surface area contributed by atoms with Gasteiger partial charge in [0.2, 0.25) is 17.7 Å². The zero-order valence-corrected chi connectivity index (χ0v) is 22.4. The SMILES string of the molecule is Cc1cccc(C(C(=O)NC2CCCCC2)N(CC#N)C(=O)C(CC(N)=O)NC(=O)OC(C)(C)C)c1C.